The number of hydrogen-bond acceptors (Lipinski definition) is 0. The molecule has 0 bridgehead atoms. The first-order valence-corrected chi connectivity index (χ1v) is 13.6. The second-order valence-corrected chi connectivity index (χ2v) is 10.7. The Bertz CT molecular complexity index is 820. The molecule has 0 aliphatic heterocycles. The lowest BCUT2D eigenvalue weighted by Crippen LogP contribution is -2.13. The first kappa shape index (κ1) is 23.5. The van der Waals surface area contributed by atoms with Gasteiger partial charge in [0.15, 0.2) is 0 Å². The zero-order chi connectivity index (χ0) is 22.3. The highest BCUT2D eigenvalue weighted by molar-refractivity contribution is 5.64. The summed E-state index contributed by atoms with van der Waals surface area (Å²) in [5.74, 6) is 2.92. The second kappa shape index (κ2) is 11.5. The van der Waals surface area contributed by atoms with Gasteiger partial charge in [0.2, 0.25) is 0 Å². The highest BCUT2D eigenvalue weighted by atomic mass is 19.1. The number of rotatable bonds is 8. The van der Waals surface area contributed by atoms with E-state index in [9.17, 15) is 0 Å². The van der Waals surface area contributed by atoms with Crippen molar-refractivity contribution < 1.29 is 4.39 Å². The van der Waals surface area contributed by atoms with E-state index in [4.69, 9.17) is 0 Å². The van der Waals surface area contributed by atoms with Crippen molar-refractivity contribution in [1.82, 2.24) is 0 Å². The van der Waals surface area contributed by atoms with Gasteiger partial charge in [-0.25, -0.2) is 4.39 Å². The lowest BCUT2D eigenvalue weighted by molar-refractivity contribution is 0.303. The first-order chi connectivity index (χ1) is 15.7. The predicted octanol–water partition coefficient (Wildman–Crippen LogP) is 10.0. The van der Waals surface area contributed by atoms with Gasteiger partial charge < -0.3 is 0 Å². The summed E-state index contributed by atoms with van der Waals surface area (Å²) in [4.78, 5) is 0. The summed E-state index contributed by atoms with van der Waals surface area (Å²) in [6, 6.07) is 15.0. The van der Waals surface area contributed by atoms with Crippen molar-refractivity contribution in [3.05, 3.63) is 59.4 Å². The fourth-order valence-electron chi connectivity index (χ4n) is 6.33. The molecule has 0 amide bonds. The Labute approximate surface area is 196 Å². The topological polar surface area (TPSA) is 0 Å². The van der Waals surface area contributed by atoms with Crippen LogP contribution in [0.5, 0.6) is 0 Å². The van der Waals surface area contributed by atoms with Crippen LogP contribution >= 0.6 is 0 Å². The lowest BCUT2D eigenvalue weighted by Gasteiger charge is -2.29. The van der Waals surface area contributed by atoms with Crippen LogP contribution in [0.2, 0.25) is 0 Å². The Hall–Kier alpha value is -1.63. The van der Waals surface area contributed by atoms with Gasteiger partial charge in [0.05, 0.1) is 0 Å². The molecule has 2 aliphatic carbocycles. The molecule has 0 unspecified atom stereocenters. The van der Waals surface area contributed by atoms with E-state index in [1.807, 2.05) is 0 Å². The van der Waals surface area contributed by atoms with E-state index >= 15 is 4.39 Å². The molecule has 4 rings (SSSR count). The van der Waals surface area contributed by atoms with E-state index in [0.717, 1.165) is 41.4 Å². The highest BCUT2D eigenvalue weighted by Gasteiger charge is 2.24. The molecule has 2 fully saturated rings. The van der Waals surface area contributed by atoms with Crippen molar-refractivity contribution in [1.29, 1.82) is 0 Å². The van der Waals surface area contributed by atoms with Crippen molar-refractivity contribution >= 4 is 0 Å². The molecule has 174 valence electrons. The standard InChI is InChI=1S/C31H43F/c1-3-5-6-7-24-10-12-25(13-11-24)26-16-18-27(19-17-26)29-20-21-30(31(32)22-29)28-14-8-23(4-2)9-15-28/h16-25,28H,3-15H2,1-2H3. The summed E-state index contributed by atoms with van der Waals surface area (Å²) in [6.45, 7) is 4.58. The van der Waals surface area contributed by atoms with E-state index in [-0.39, 0.29) is 5.82 Å². The fraction of sp³-hybridized carbons (Fsp3) is 0.613. The van der Waals surface area contributed by atoms with Crippen LogP contribution in [0.15, 0.2) is 42.5 Å². The minimum absolute atomic E-state index is 0.00656. The summed E-state index contributed by atoms with van der Waals surface area (Å²) in [6.07, 6.45) is 17.1. The van der Waals surface area contributed by atoms with Gasteiger partial charge in [-0.05, 0) is 103 Å². The summed E-state index contributed by atoms with van der Waals surface area (Å²) in [5.41, 5.74) is 4.57. The smallest absolute Gasteiger partial charge is 0.127 e. The van der Waals surface area contributed by atoms with E-state index in [0.29, 0.717) is 11.8 Å². The second-order valence-electron chi connectivity index (χ2n) is 10.7. The normalized spacial score (nSPS) is 26.2. The molecule has 2 saturated carbocycles. The monoisotopic (exact) mass is 434 g/mol. The van der Waals surface area contributed by atoms with Crippen molar-refractivity contribution in [2.75, 3.05) is 0 Å². The molecule has 2 aromatic rings. The molecule has 0 atom stereocenters. The van der Waals surface area contributed by atoms with Gasteiger partial charge in [-0.3, -0.25) is 0 Å². The van der Waals surface area contributed by atoms with Crippen molar-refractivity contribution in [3.63, 3.8) is 0 Å². The van der Waals surface area contributed by atoms with Crippen molar-refractivity contribution in [3.8, 4) is 11.1 Å². The average molecular weight is 435 g/mol. The van der Waals surface area contributed by atoms with E-state index in [1.54, 1.807) is 6.07 Å². The number of benzene rings is 2. The summed E-state index contributed by atoms with van der Waals surface area (Å²) >= 11 is 0. The van der Waals surface area contributed by atoms with Gasteiger partial charge in [-0.1, -0.05) is 82.3 Å². The van der Waals surface area contributed by atoms with Gasteiger partial charge in [-0.2, -0.15) is 0 Å². The Kier molecular flexibility index (Phi) is 8.44. The Balaban J connectivity index is 1.35. The number of hydrogen-bond donors (Lipinski definition) is 0. The van der Waals surface area contributed by atoms with Gasteiger partial charge >= 0.3 is 0 Å². The predicted molar refractivity (Wildman–Crippen MR) is 136 cm³/mol. The highest BCUT2D eigenvalue weighted by Crippen LogP contribution is 2.40. The Morgan fingerprint density at radius 2 is 1.31 bits per heavy atom. The molecule has 0 heterocycles. The van der Waals surface area contributed by atoms with Crippen molar-refractivity contribution in [2.24, 2.45) is 11.8 Å². The molecule has 0 radical (unpaired) electrons. The summed E-state index contributed by atoms with van der Waals surface area (Å²) in [5, 5.41) is 0. The molecular formula is C31H43F. The summed E-state index contributed by atoms with van der Waals surface area (Å²) in [7, 11) is 0. The van der Waals surface area contributed by atoms with E-state index in [1.165, 1.54) is 76.2 Å². The van der Waals surface area contributed by atoms with Crippen LogP contribution in [0, 0.1) is 17.7 Å². The van der Waals surface area contributed by atoms with Crippen LogP contribution in [0.3, 0.4) is 0 Å². The Morgan fingerprint density at radius 1 is 0.688 bits per heavy atom. The molecule has 0 spiro atoms. The maximum atomic E-state index is 15.0. The van der Waals surface area contributed by atoms with Crippen LogP contribution in [-0.2, 0) is 0 Å². The molecule has 2 aromatic carbocycles. The third-order valence-electron chi connectivity index (χ3n) is 8.64. The van der Waals surface area contributed by atoms with Gasteiger partial charge in [-0.15, -0.1) is 0 Å². The fourth-order valence-corrected chi connectivity index (χ4v) is 6.33. The molecule has 32 heavy (non-hydrogen) atoms. The van der Waals surface area contributed by atoms with Gasteiger partial charge in [0.25, 0.3) is 0 Å². The number of halogens is 1. The zero-order valence-corrected chi connectivity index (χ0v) is 20.4. The summed E-state index contributed by atoms with van der Waals surface area (Å²) < 4.78 is 15.0. The molecule has 0 aromatic heterocycles. The quantitative estimate of drug-likeness (QED) is 0.362. The SMILES string of the molecule is CCCCCC1CCC(c2ccc(-c3ccc(C4CCC(CC)CC4)c(F)c3)cc2)CC1. The van der Waals surface area contributed by atoms with E-state index in [2.05, 4.69) is 50.2 Å². The van der Waals surface area contributed by atoms with Crippen LogP contribution in [0.25, 0.3) is 11.1 Å². The van der Waals surface area contributed by atoms with Gasteiger partial charge in [0, 0.05) is 0 Å². The Morgan fingerprint density at radius 3 is 1.94 bits per heavy atom. The maximum absolute atomic E-state index is 15.0. The molecule has 0 N–H and O–H groups in total. The third kappa shape index (κ3) is 5.83. The van der Waals surface area contributed by atoms with Crippen molar-refractivity contribution in [2.45, 2.75) is 109 Å². The molecule has 0 saturated heterocycles. The molecule has 1 heteroatoms. The minimum Gasteiger partial charge on any atom is -0.207 e. The van der Waals surface area contributed by atoms with Gasteiger partial charge in [0.1, 0.15) is 5.82 Å². The average Bonchev–Trinajstić information content (AvgIpc) is 2.85. The third-order valence-corrected chi connectivity index (χ3v) is 8.64. The van der Waals surface area contributed by atoms with Crippen LogP contribution < -0.4 is 0 Å². The van der Waals surface area contributed by atoms with E-state index < -0.39 is 0 Å². The molecule has 0 nitrogen and oxygen atoms in total. The van der Waals surface area contributed by atoms with Crippen LogP contribution in [0.1, 0.15) is 120 Å². The largest absolute Gasteiger partial charge is 0.207 e. The lowest BCUT2D eigenvalue weighted by atomic mass is 9.76. The molecular weight excluding hydrogens is 391 g/mol. The molecule has 2 aliphatic rings. The minimum atomic E-state index is -0.00656. The zero-order valence-electron chi connectivity index (χ0n) is 20.4. The number of unbranched alkanes of at least 4 members (excludes halogenated alkanes) is 2. The maximum Gasteiger partial charge on any atom is 0.127 e. The van der Waals surface area contributed by atoms with Crippen LogP contribution in [-0.4, -0.2) is 0 Å². The van der Waals surface area contributed by atoms with Crippen LogP contribution in [0.4, 0.5) is 4.39 Å². The first-order valence-electron chi connectivity index (χ1n) is 13.6.